The maximum atomic E-state index is 11.7. The van der Waals surface area contributed by atoms with Gasteiger partial charge in [-0.1, -0.05) is 31.2 Å². The van der Waals surface area contributed by atoms with Crippen LogP contribution in [0.1, 0.15) is 43.7 Å². The first-order valence-corrected chi connectivity index (χ1v) is 8.45. The van der Waals surface area contributed by atoms with Crippen molar-refractivity contribution in [2.45, 2.75) is 45.7 Å². The second-order valence-corrected chi connectivity index (χ2v) is 6.42. The number of amides is 1. The van der Waals surface area contributed by atoms with Crippen molar-refractivity contribution in [1.82, 2.24) is 10.2 Å². The van der Waals surface area contributed by atoms with Gasteiger partial charge < -0.3 is 11.1 Å². The minimum absolute atomic E-state index is 0.0897. The van der Waals surface area contributed by atoms with Crippen LogP contribution in [0.4, 0.5) is 0 Å². The van der Waals surface area contributed by atoms with Gasteiger partial charge in [-0.3, -0.25) is 9.69 Å². The van der Waals surface area contributed by atoms with Crippen LogP contribution in [0.5, 0.6) is 0 Å². The number of nitrogens with two attached hydrogens (primary N) is 1. The minimum atomic E-state index is 0.0897. The number of likely N-dealkylation sites (tertiary alicyclic amines) is 1. The first-order chi connectivity index (χ1) is 10.7. The summed E-state index contributed by atoms with van der Waals surface area (Å²) in [4.78, 5) is 14.3. The Morgan fingerprint density at radius 3 is 2.86 bits per heavy atom. The van der Waals surface area contributed by atoms with Gasteiger partial charge in [0.2, 0.25) is 5.91 Å². The Kier molecular flexibility index (Phi) is 6.87. The number of benzene rings is 1. The van der Waals surface area contributed by atoms with Gasteiger partial charge in [0.15, 0.2) is 0 Å². The van der Waals surface area contributed by atoms with Gasteiger partial charge in [-0.25, -0.2) is 0 Å². The van der Waals surface area contributed by atoms with Gasteiger partial charge >= 0.3 is 0 Å². The molecule has 1 unspecified atom stereocenters. The molecule has 1 amide bonds. The van der Waals surface area contributed by atoms with Crippen LogP contribution in [-0.2, 0) is 17.9 Å². The smallest absolute Gasteiger partial charge is 0.220 e. The van der Waals surface area contributed by atoms with E-state index in [1.54, 1.807) is 0 Å². The quantitative estimate of drug-likeness (QED) is 0.812. The summed E-state index contributed by atoms with van der Waals surface area (Å²) >= 11 is 0. The molecule has 0 aromatic heterocycles. The third-order valence-corrected chi connectivity index (χ3v) is 4.34. The summed E-state index contributed by atoms with van der Waals surface area (Å²) in [6.45, 7) is 6.85. The lowest BCUT2D eigenvalue weighted by Crippen LogP contribution is -2.34. The molecule has 4 nitrogen and oxygen atoms in total. The molecule has 22 heavy (non-hydrogen) atoms. The van der Waals surface area contributed by atoms with Gasteiger partial charge in [-0.15, -0.1) is 0 Å². The second-order valence-electron chi connectivity index (χ2n) is 6.42. The number of piperidine rings is 1. The van der Waals surface area contributed by atoms with E-state index in [1.165, 1.54) is 37.1 Å². The van der Waals surface area contributed by atoms with Crippen molar-refractivity contribution in [1.29, 1.82) is 0 Å². The van der Waals surface area contributed by atoms with Crippen molar-refractivity contribution in [3.8, 4) is 0 Å². The molecule has 1 aromatic carbocycles. The normalized spacial score (nSPS) is 19.1. The average molecular weight is 303 g/mol. The van der Waals surface area contributed by atoms with E-state index in [9.17, 15) is 4.79 Å². The summed E-state index contributed by atoms with van der Waals surface area (Å²) in [5.74, 6) is 0.878. The average Bonchev–Trinajstić information content (AvgIpc) is 2.52. The van der Waals surface area contributed by atoms with E-state index >= 15 is 0 Å². The van der Waals surface area contributed by atoms with Crippen molar-refractivity contribution in [2.24, 2.45) is 11.7 Å². The summed E-state index contributed by atoms with van der Waals surface area (Å²) in [7, 11) is 0. The van der Waals surface area contributed by atoms with E-state index < -0.39 is 0 Å². The number of carbonyl (C=O) groups is 1. The number of nitrogens with one attached hydrogen (secondary N) is 1. The van der Waals surface area contributed by atoms with E-state index in [0.717, 1.165) is 18.9 Å². The third-order valence-electron chi connectivity index (χ3n) is 4.34. The highest BCUT2D eigenvalue weighted by Crippen LogP contribution is 2.19. The highest BCUT2D eigenvalue weighted by Gasteiger charge is 2.17. The first kappa shape index (κ1) is 17.0. The summed E-state index contributed by atoms with van der Waals surface area (Å²) in [6, 6.07) is 8.43. The maximum absolute atomic E-state index is 11.7. The SMILES string of the molecule is CC1CCCN(Cc2ccccc2CNC(=O)CCCN)C1. The fraction of sp³-hybridized carbons (Fsp3) is 0.611. The summed E-state index contributed by atoms with van der Waals surface area (Å²) in [5, 5.41) is 3.01. The Hall–Kier alpha value is -1.39. The van der Waals surface area contributed by atoms with Crippen LogP contribution < -0.4 is 11.1 Å². The lowest BCUT2D eigenvalue weighted by atomic mass is 9.99. The molecule has 122 valence electrons. The Morgan fingerprint density at radius 1 is 1.36 bits per heavy atom. The fourth-order valence-electron chi connectivity index (χ4n) is 3.10. The van der Waals surface area contributed by atoms with Crippen molar-refractivity contribution < 1.29 is 4.79 Å². The van der Waals surface area contributed by atoms with Crippen LogP contribution >= 0.6 is 0 Å². The first-order valence-electron chi connectivity index (χ1n) is 8.45. The van der Waals surface area contributed by atoms with Crippen molar-refractivity contribution in [3.63, 3.8) is 0 Å². The van der Waals surface area contributed by atoms with Crippen LogP contribution in [0.2, 0.25) is 0 Å². The molecular weight excluding hydrogens is 274 g/mol. The monoisotopic (exact) mass is 303 g/mol. The zero-order valence-electron chi connectivity index (χ0n) is 13.7. The second kappa shape index (κ2) is 8.91. The van der Waals surface area contributed by atoms with E-state index in [2.05, 4.69) is 35.3 Å². The molecule has 0 bridgehead atoms. The Bertz CT molecular complexity index is 475. The van der Waals surface area contributed by atoms with E-state index in [1.807, 2.05) is 6.07 Å². The fourth-order valence-corrected chi connectivity index (χ4v) is 3.10. The maximum Gasteiger partial charge on any atom is 0.220 e. The van der Waals surface area contributed by atoms with Crippen LogP contribution in [-0.4, -0.2) is 30.4 Å². The van der Waals surface area contributed by atoms with Gasteiger partial charge in [0.25, 0.3) is 0 Å². The zero-order valence-corrected chi connectivity index (χ0v) is 13.7. The topological polar surface area (TPSA) is 58.4 Å². The third kappa shape index (κ3) is 5.43. The van der Waals surface area contributed by atoms with Crippen LogP contribution in [0.25, 0.3) is 0 Å². The number of nitrogens with zero attached hydrogens (tertiary/aromatic N) is 1. The highest BCUT2D eigenvalue weighted by molar-refractivity contribution is 5.75. The van der Waals surface area contributed by atoms with Crippen LogP contribution in [0.15, 0.2) is 24.3 Å². The summed E-state index contributed by atoms with van der Waals surface area (Å²) < 4.78 is 0. The molecule has 0 saturated carbocycles. The van der Waals surface area contributed by atoms with Gasteiger partial charge in [0.05, 0.1) is 0 Å². The molecule has 1 aliphatic heterocycles. The molecule has 4 heteroatoms. The largest absolute Gasteiger partial charge is 0.352 e. The van der Waals surface area contributed by atoms with E-state index in [4.69, 9.17) is 5.73 Å². The molecule has 0 aliphatic carbocycles. The minimum Gasteiger partial charge on any atom is -0.352 e. The Balaban J connectivity index is 1.90. The number of hydrogen-bond donors (Lipinski definition) is 2. The molecule has 1 fully saturated rings. The summed E-state index contributed by atoms with van der Waals surface area (Å²) in [5.41, 5.74) is 7.99. The van der Waals surface area contributed by atoms with Gasteiger partial charge in [0, 0.05) is 26.1 Å². The molecule has 1 saturated heterocycles. The van der Waals surface area contributed by atoms with E-state index in [-0.39, 0.29) is 5.91 Å². The molecule has 1 atom stereocenters. The highest BCUT2D eigenvalue weighted by atomic mass is 16.1. The molecule has 1 aliphatic rings. The lowest BCUT2D eigenvalue weighted by Gasteiger charge is -2.31. The lowest BCUT2D eigenvalue weighted by molar-refractivity contribution is -0.121. The number of hydrogen-bond acceptors (Lipinski definition) is 3. The number of rotatable bonds is 7. The molecule has 1 heterocycles. The molecule has 0 spiro atoms. The molecule has 0 radical (unpaired) electrons. The zero-order chi connectivity index (χ0) is 15.8. The van der Waals surface area contributed by atoms with Crippen molar-refractivity contribution >= 4 is 5.91 Å². The Labute approximate surface area is 134 Å². The van der Waals surface area contributed by atoms with Gasteiger partial charge in [-0.05, 0) is 49.4 Å². The Morgan fingerprint density at radius 2 is 2.14 bits per heavy atom. The predicted octanol–water partition coefficient (Wildman–Crippen LogP) is 2.27. The molecule has 2 rings (SSSR count). The van der Waals surface area contributed by atoms with Gasteiger partial charge in [0.1, 0.15) is 0 Å². The van der Waals surface area contributed by atoms with E-state index in [0.29, 0.717) is 19.5 Å². The standard InChI is InChI=1S/C18H29N3O/c1-15-6-5-11-21(13-15)14-17-8-3-2-7-16(17)12-20-18(22)9-4-10-19/h2-3,7-8,15H,4-6,9-14,19H2,1H3,(H,20,22). The van der Waals surface area contributed by atoms with Crippen molar-refractivity contribution in [2.75, 3.05) is 19.6 Å². The van der Waals surface area contributed by atoms with Crippen molar-refractivity contribution in [3.05, 3.63) is 35.4 Å². The summed E-state index contributed by atoms with van der Waals surface area (Å²) in [6.07, 6.45) is 3.90. The van der Waals surface area contributed by atoms with Gasteiger partial charge in [-0.2, -0.15) is 0 Å². The van der Waals surface area contributed by atoms with Crippen LogP contribution in [0.3, 0.4) is 0 Å². The number of carbonyl (C=O) groups excluding carboxylic acids is 1. The predicted molar refractivity (Wildman–Crippen MR) is 90.3 cm³/mol. The molecule has 3 N–H and O–H groups in total. The van der Waals surface area contributed by atoms with Crippen LogP contribution in [0, 0.1) is 5.92 Å². The molecule has 1 aromatic rings. The molecular formula is C18H29N3O.